The first-order valence-electron chi connectivity index (χ1n) is 7.16. The summed E-state index contributed by atoms with van der Waals surface area (Å²) in [6.07, 6.45) is 3.55. The van der Waals surface area contributed by atoms with Crippen molar-refractivity contribution < 1.29 is 9.90 Å². The van der Waals surface area contributed by atoms with Gasteiger partial charge in [-0.15, -0.1) is 11.3 Å². The topological polar surface area (TPSA) is 66.3 Å². The zero-order valence-corrected chi connectivity index (χ0v) is 13.1. The highest BCUT2D eigenvalue weighted by Crippen LogP contribution is 2.37. The minimum absolute atomic E-state index is 0.132. The van der Waals surface area contributed by atoms with Gasteiger partial charge < -0.3 is 10.0 Å². The number of carbonyl (C=O) groups is 1. The zero-order chi connectivity index (χ0) is 15.0. The van der Waals surface area contributed by atoms with E-state index in [1.807, 2.05) is 25.3 Å². The van der Waals surface area contributed by atoms with Crippen LogP contribution in [0.2, 0.25) is 0 Å². The molecule has 2 aromatic heterocycles. The van der Waals surface area contributed by atoms with Crippen LogP contribution in [0.1, 0.15) is 26.7 Å². The van der Waals surface area contributed by atoms with Crippen molar-refractivity contribution in [3.63, 3.8) is 0 Å². The predicted octanol–water partition coefficient (Wildman–Crippen LogP) is 3.02. The number of hydrogen-bond donors (Lipinski definition) is 1. The fourth-order valence-corrected chi connectivity index (χ4v) is 3.69. The Labute approximate surface area is 127 Å². The first-order valence-corrected chi connectivity index (χ1v) is 8.04. The monoisotopic (exact) mass is 305 g/mol. The molecule has 0 bridgehead atoms. The van der Waals surface area contributed by atoms with Gasteiger partial charge in [0.25, 0.3) is 0 Å². The molecule has 2 aromatic rings. The molecule has 3 rings (SSSR count). The molecule has 0 amide bonds. The highest BCUT2D eigenvalue weighted by molar-refractivity contribution is 7.16. The van der Waals surface area contributed by atoms with Gasteiger partial charge in [-0.2, -0.15) is 0 Å². The van der Waals surface area contributed by atoms with Gasteiger partial charge in [-0.25, -0.2) is 9.97 Å². The summed E-state index contributed by atoms with van der Waals surface area (Å²) in [5.74, 6) is 0.345. The van der Waals surface area contributed by atoms with E-state index in [1.54, 1.807) is 17.7 Å². The minimum Gasteiger partial charge on any atom is -0.481 e. The summed E-state index contributed by atoms with van der Waals surface area (Å²) in [5, 5.41) is 12.5. The molecule has 112 valence electrons. The van der Waals surface area contributed by atoms with Crippen molar-refractivity contribution in [2.24, 2.45) is 11.3 Å². The Balaban J connectivity index is 1.90. The Morgan fingerprint density at radius 2 is 2.29 bits per heavy atom. The second-order valence-electron chi connectivity index (χ2n) is 6.15. The van der Waals surface area contributed by atoms with Gasteiger partial charge in [-0.1, -0.05) is 0 Å². The molecule has 5 nitrogen and oxygen atoms in total. The van der Waals surface area contributed by atoms with Crippen LogP contribution in [-0.4, -0.2) is 34.1 Å². The Morgan fingerprint density at radius 1 is 1.48 bits per heavy atom. The SMILES string of the molecule is CC(C)(C(=O)O)C1CCCN(c2ncnc3sccc23)C1. The standard InChI is InChI=1S/C15H19N3O2S/c1-15(2,14(19)20)10-4-3-6-18(8-10)12-11-5-7-21-13(11)17-9-16-12/h5,7,9-10H,3-4,6,8H2,1-2H3,(H,19,20). The molecule has 3 heterocycles. The number of rotatable bonds is 3. The number of aliphatic carboxylic acids is 1. The first kappa shape index (κ1) is 14.3. The molecule has 6 heteroatoms. The number of fused-ring (bicyclic) bond motifs is 1. The third kappa shape index (κ3) is 2.48. The summed E-state index contributed by atoms with van der Waals surface area (Å²) < 4.78 is 0. The highest BCUT2D eigenvalue weighted by atomic mass is 32.1. The van der Waals surface area contributed by atoms with E-state index in [4.69, 9.17) is 0 Å². The molecule has 0 radical (unpaired) electrons. The lowest BCUT2D eigenvalue weighted by molar-refractivity contribution is -0.150. The largest absolute Gasteiger partial charge is 0.481 e. The molecule has 1 fully saturated rings. The number of carboxylic acid groups (broad SMARTS) is 1. The molecule has 1 saturated heterocycles. The van der Waals surface area contributed by atoms with Gasteiger partial charge in [-0.05, 0) is 44.1 Å². The lowest BCUT2D eigenvalue weighted by Gasteiger charge is -2.39. The van der Waals surface area contributed by atoms with E-state index in [0.717, 1.165) is 42.0 Å². The molecule has 1 aliphatic heterocycles. The lowest BCUT2D eigenvalue weighted by Crippen LogP contribution is -2.45. The van der Waals surface area contributed by atoms with Gasteiger partial charge in [0, 0.05) is 13.1 Å². The summed E-state index contributed by atoms with van der Waals surface area (Å²) in [4.78, 5) is 23.4. The van der Waals surface area contributed by atoms with Crippen LogP contribution in [0.4, 0.5) is 5.82 Å². The van der Waals surface area contributed by atoms with E-state index in [9.17, 15) is 9.90 Å². The van der Waals surface area contributed by atoms with Crippen LogP contribution < -0.4 is 4.90 Å². The number of carboxylic acids is 1. The van der Waals surface area contributed by atoms with Gasteiger partial charge in [0.15, 0.2) is 0 Å². The molecular formula is C15H19N3O2S. The lowest BCUT2D eigenvalue weighted by atomic mass is 9.74. The highest BCUT2D eigenvalue weighted by Gasteiger charge is 2.39. The van der Waals surface area contributed by atoms with Gasteiger partial charge in [-0.3, -0.25) is 4.79 Å². The van der Waals surface area contributed by atoms with E-state index in [0.29, 0.717) is 0 Å². The van der Waals surface area contributed by atoms with Crippen molar-refractivity contribution in [1.82, 2.24) is 9.97 Å². The smallest absolute Gasteiger partial charge is 0.309 e. The minimum atomic E-state index is -0.724. The Hall–Kier alpha value is -1.69. The molecule has 0 spiro atoms. The van der Waals surface area contributed by atoms with E-state index in [-0.39, 0.29) is 5.92 Å². The second kappa shape index (κ2) is 5.26. The van der Waals surface area contributed by atoms with Gasteiger partial charge in [0.05, 0.1) is 10.8 Å². The number of nitrogens with zero attached hydrogens (tertiary/aromatic N) is 3. The third-order valence-corrected chi connectivity index (χ3v) is 5.35. The van der Waals surface area contributed by atoms with Crippen LogP contribution in [0.15, 0.2) is 17.8 Å². The molecule has 1 aliphatic rings. The summed E-state index contributed by atoms with van der Waals surface area (Å²) >= 11 is 1.60. The van der Waals surface area contributed by atoms with E-state index >= 15 is 0 Å². The number of hydrogen-bond acceptors (Lipinski definition) is 5. The maximum Gasteiger partial charge on any atom is 0.309 e. The molecule has 0 saturated carbocycles. The van der Waals surface area contributed by atoms with Crippen LogP contribution in [0.25, 0.3) is 10.2 Å². The maximum atomic E-state index is 11.5. The summed E-state index contributed by atoms with van der Waals surface area (Å²) in [7, 11) is 0. The number of thiophene rings is 1. The fraction of sp³-hybridized carbons (Fsp3) is 0.533. The molecule has 1 atom stereocenters. The predicted molar refractivity (Wildman–Crippen MR) is 83.8 cm³/mol. The molecule has 0 aromatic carbocycles. The Bertz CT molecular complexity index is 668. The van der Waals surface area contributed by atoms with Crippen LogP contribution in [0.5, 0.6) is 0 Å². The van der Waals surface area contributed by atoms with Crippen molar-refractivity contribution in [2.75, 3.05) is 18.0 Å². The summed E-state index contributed by atoms with van der Waals surface area (Å²) in [6, 6.07) is 2.04. The molecule has 1 N–H and O–H groups in total. The third-order valence-electron chi connectivity index (χ3n) is 4.53. The van der Waals surface area contributed by atoms with Crippen molar-refractivity contribution in [1.29, 1.82) is 0 Å². The fourth-order valence-electron chi connectivity index (χ4n) is 2.96. The van der Waals surface area contributed by atoms with Crippen molar-refractivity contribution >= 4 is 33.3 Å². The second-order valence-corrected chi connectivity index (χ2v) is 7.04. The summed E-state index contributed by atoms with van der Waals surface area (Å²) in [5.41, 5.74) is -0.709. The van der Waals surface area contributed by atoms with Crippen LogP contribution in [0, 0.1) is 11.3 Å². The van der Waals surface area contributed by atoms with E-state index < -0.39 is 11.4 Å². The van der Waals surface area contributed by atoms with Crippen molar-refractivity contribution in [3.05, 3.63) is 17.8 Å². The Morgan fingerprint density at radius 3 is 3.05 bits per heavy atom. The number of aromatic nitrogens is 2. The van der Waals surface area contributed by atoms with Gasteiger partial charge in [0.2, 0.25) is 0 Å². The molecule has 1 unspecified atom stereocenters. The average molecular weight is 305 g/mol. The molecule has 0 aliphatic carbocycles. The molecule has 21 heavy (non-hydrogen) atoms. The van der Waals surface area contributed by atoms with Crippen molar-refractivity contribution in [3.8, 4) is 0 Å². The molecular weight excluding hydrogens is 286 g/mol. The van der Waals surface area contributed by atoms with E-state index in [1.165, 1.54) is 0 Å². The maximum absolute atomic E-state index is 11.5. The van der Waals surface area contributed by atoms with Crippen molar-refractivity contribution in [2.45, 2.75) is 26.7 Å². The quantitative estimate of drug-likeness (QED) is 0.944. The van der Waals surface area contributed by atoms with Gasteiger partial charge in [0.1, 0.15) is 17.0 Å². The normalized spacial score (nSPS) is 19.9. The number of anilines is 1. The van der Waals surface area contributed by atoms with E-state index in [2.05, 4.69) is 14.9 Å². The van der Waals surface area contributed by atoms with Gasteiger partial charge >= 0.3 is 5.97 Å². The number of piperidine rings is 1. The summed E-state index contributed by atoms with van der Waals surface area (Å²) in [6.45, 7) is 5.31. The van der Waals surface area contributed by atoms with Crippen LogP contribution in [0.3, 0.4) is 0 Å². The van der Waals surface area contributed by atoms with Crippen LogP contribution >= 0.6 is 11.3 Å². The first-order chi connectivity index (χ1) is 10.00. The Kier molecular flexibility index (Phi) is 3.57. The zero-order valence-electron chi connectivity index (χ0n) is 12.2. The van der Waals surface area contributed by atoms with Crippen LogP contribution in [-0.2, 0) is 4.79 Å². The average Bonchev–Trinajstić information content (AvgIpc) is 2.95.